The number of carbonyl (C=O) groups is 1. The molecular formula is C16H27NO6. The Morgan fingerprint density at radius 1 is 1.52 bits per heavy atom. The molecule has 23 heavy (non-hydrogen) atoms. The lowest BCUT2D eigenvalue weighted by atomic mass is 9.81. The van der Waals surface area contributed by atoms with Crippen LogP contribution in [0.1, 0.15) is 33.6 Å². The van der Waals surface area contributed by atoms with Gasteiger partial charge in [-0.1, -0.05) is 0 Å². The Morgan fingerprint density at radius 3 is 2.74 bits per heavy atom. The van der Waals surface area contributed by atoms with Crippen LogP contribution in [0.3, 0.4) is 0 Å². The van der Waals surface area contributed by atoms with E-state index in [1.807, 2.05) is 6.08 Å². The molecular weight excluding hydrogens is 302 g/mol. The van der Waals surface area contributed by atoms with Crippen molar-refractivity contribution in [2.24, 2.45) is 0 Å². The summed E-state index contributed by atoms with van der Waals surface area (Å²) in [5, 5.41) is 33.3. The van der Waals surface area contributed by atoms with Crippen LogP contribution in [0.4, 0.5) is 0 Å². The van der Waals surface area contributed by atoms with E-state index in [0.717, 1.165) is 18.4 Å². The van der Waals surface area contributed by atoms with Crippen molar-refractivity contribution < 1.29 is 29.1 Å². The lowest BCUT2D eigenvalue weighted by molar-refractivity contribution is -0.875. The molecule has 2 aliphatic heterocycles. The number of esters is 1. The Hall–Kier alpha value is -0.990. The Morgan fingerprint density at radius 2 is 2.17 bits per heavy atom. The normalized spacial score (nSPS) is 31.3. The molecule has 0 aromatic heterocycles. The number of hydrogen-bond acceptors (Lipinski definition) is 6. The van der Waals surface area contributed by atoms with Crippen LogP contribution in [0, 0.1) is 5.21 Å². The summed E-state index contributed by atoms with van der Waals surface area (Å²) < 4.78 is 10.0. The molecule has 0 radical (unpaired) electrons. The Balaban J connectivity index is 2.06. The fraction of sp³-hybridized carbons (Fsp3) is 0.812. The number of quaternary nitrogens is 1. The first-order chi connectivity index (χ1) is 10.6. The first-order valence-electron chi connectivity index (χ1n) is 7.97. The third-order valence-electron chi connectivity index (χ3n) is 5.23. The van der Waals surface area contributed by atoms with Gasteiger partial charge in [0.15, 0.2) is 0 Å². The highest BCUT2D eigenvalue weighted by Gasteiger charge is 2.55. The lowest BCUT2D eigenvalue weighted by Gasteiger charge is -2.41. The van der Waals surface area contributed by atoms with Crippen molar-refractivity contribution in [1.29, 1.82) is 0 Å². The minimum Gasteiger partial charge on any atom is -0.632 e. The van der Waals surface area contributed by atoms with E-state index in [4.69, 9.17) is 9.47 Å². The van der Waals surface area contributed by atoms with E-state index >= 15 is 0 Å². The van der Waals surface area contributed by atoms with Crippen molar-refractivity contribution >= 4 is 5.97 Å². The van der Waals surface area contributed by atoms with Crippen molar-refractivity contribution in [3.8, 4) is 0 Å². The monoisotopic (exact) mass is 329 g/mol. The van der Waals surface area contributed by atoms with Crippen LogP contribution in [-0.2, 0) is 14.3 Å². The quantitative estimate of drug-likeness (QED) is 0.318. The molecule has 0 aromatic rings. The van der Waals surface area contributed by atoms with E-state index in [-0.39, 0.29) is 17.3 Å². The summed E-state index contributed by atoms with van der Waals surface area (Å²) in [5.41, 5.74) is -3.14. The van der Waals surface area contributed by atoms with E-state index in [1.165, 1.54) is 27.9 Å². The Labute approximate surface area is 136 Å². The molecule has 7 heteroatoms. The van der Waals surface area contributed by atoms with Crippen LogP contribution >= 0.6 is 0 Å². The molecule has 1 saturated heterocycles. The largest absolute Gasteiger partial charge is 0.632 e. The van der Waals surface area contributed by atoms with E-state index < -0.39 is 23.3 Å². The summed E-state index contributed by atoms with van der Waals surface area (Å²) in [4.78, 5) is 12.4. The van der Waals surface area contributed by atoms with Gasteiger partial charge in [-0.3, -0.25) is 0 Å². The summed E-state index contributed by atoms with van der Waals surface area (Å²) >= 11 is 0. The van der Waals surface area contributed by atoms with Gasteiger partial charge in [-0.15, -0.1) is 0 Å². The van der Waals surface area contributed by atoms with Crippen molar-refractivity contribution in [3.63, 3.8) is 0 Å². The van der Waals surface area contributed by atoms with Crippen LogP contribution in [-0.4, -0.2) is 71.0 Å². The molecule has 4 atom stereocenters. The van der Waals surface area contributed by atoms with Gasteiger partial charge in [0.05, 0.1) is 19.2 Å². The number of ether oxygens (including phenoxy) is 2. The predicted octanol–water partition coefficient (Wildman–Crippen LogP) is 0.483. The number of nitrogens with zero attached hydrogens (tertiary/aromatic N) is 1. The summed E-state index contributed by atoms with van der Waals surface area (Å²) in [6.45, 7) is 5.10. The van der Waals surface area contributed by atoms with Crippen molar-refractivity contribution in [2.45, 2.75) is 57.0 Å². The molecule has 1 fully saturated rings. The van der Waals surface area contributed by atoms with E-state index in [9.17, 15) is 20.2 Å². The highest BCUT2D eigenvalue weighted by Crippen LogP contribution is 2.36. The van der Waals surface area contributed by atoms with Gasteiger partial charge in [0.1, 0.15) is 18.2 Å². The molecule has 0 saturated carbocycles. The highest BCUT2D eigenvalue weighted by atomic mass is 16.6. The predicted molar refractivity (Wildman–Crippen MR) is 83.1 cm³/mol. The number of carbonyl (C=O) groups excluding carboxylic acids is 1. The summed E-state index contributed by atoms with van der Waals surface area (Å²) in [6.07, 6.45) is 2.53. The van der Waals surface area contributed by atoms with Crippen LogP contribution in [0.25, 0.3) is 0 Å². The van der Waals surface area contributed by atoms with Crippen LogP contribution in [0.5, 0.6) is 0 Å². The first-order valence-corrected chi connectivity index (χ1v) is 7.97. The van der Waals surface area contributed by atoms with Crippen LogP contribution in [0.15, 0.2) is 11.6 Å². The van der Waals surface area contributed by atoms with Crippen molar-refractivity contribution in [2.75, 3.05) is 26.8 Å². The van der Waals surface area contributed by atoms with Gasteiger partial charge in [0, 0.05) is 25.5 Å². The molecule has 0 bridgehead atoms. The smallest absolute Gasteiger partial charge is 0.344 e. The number of aliphatic hydroxyl groups is 2. The SMILES string of the molecule is CO[C@H](C)[C@](O)(C(=O)OCC1=CC[N+]2([O-])CCC[C@@H]12)C(C)(C)O. The number of hydrogen-bond donors (Lipinski definition) is 2. The average molecular weight is 329 g/mol. The number of methoxy groups -OCH3 is 1. The van der Waals surface area contributed by atoms with Crippen LogP contribution < -0.4 is 0 Å². The Bertz CT molecular complexity index is 499. The molecule has 2 aliphatic rings. The summed E-state index contributed by atoms with van der Waals surface area (Å²) in [7, 11) is 1.34. The van der Waals surface area contributed by atoms with Gasteiger partial charge in [-0.2, -0.15) is 0 Å². The van der Waals surface area contributed by atoms with Gasteiger partial charge in [0.2, 0.25) is 5.60 Å². The van der Waals surface area contributed by atoms with Crippen molar-refractivity contribution in [1.82, 2.24) is 0 Å². The molecule has 2 N–H and O–H groups in total. The number of hydroxylamine groups is 3. The molecule has 0 aromatic carbocycles. The minimum atomic E-state index is -2.19. The molecule has 0 aliphatic carbocycles. The summed E-state index contributed by atoms with van der Waals surface area (Å²) in [6, 6.07) is -0.155. The second kappa shape index (κ2) is 6.14. The maximum Gasteiger partial charge on any atom is 0.344 e. The van der Waals surface area contributed by atoms with E-state index in [1.54, 1.807) is 0 Å². The highest BCUT2D eigenvalue weighted by molar-refractivity contribution is 5.82. The van der Waals surface area contributed by atoms with Gasteiger partial charge in [-0.05, 0) is 26.8 Å². The minimum absolute atomic E-state index is 0.0411. The zero-order chi connectivity index (χ0) is 17.5. The topological polar surface area (TPSA) is 99.1 Å². The third-order valence-corrected chi connectivity index (χ3v) is 5.23. The van der Waals surface area contributed by atoms with Gasteiger partial charge >= 0.3 is 5.97 Å². The number of fused-ring (bicyclic) bond motifs is 1. The maximum atomic E-state index is 12.5. The van der Waals surface area contributed by atoms with E-state index in [2.05, 4.69) is 0 Å². The average Bonchev–Trinajstić information content (AvgIpc) is 2.98. The lowest BCUT2D eigenvalue weighted by Crippen LogP contribution is -2.63. The first kappa shape index (κ1) is 18.4. The van der Waals surface area contributed by atoms with Crippen molar-refractivity contribution in [3.05, 3.63) is 16.9 Å². The van der Waals surface area contributed by atoms with Gasteiger partial charge in [0.25, 0.3) is 0 Å². The fourth-order valence-corrected chi connectivity index (χ4v) is 3.56. The maximum absolute atomic E-state index is 12.5. The third kappa shape index (κ3) is 3.04. The Kier molecular flexibility index (Phi) is 4.90. The molecule has 0 amide bonds. The van der Waals surface area contributed by atoms with Gasteiger partial charge in [-0.25, -0.2) is 4.79 Å². The zero-order valence-electron chi connectivity index (χ0n) is 14.2. The molecule has 0 spiro atoms. The molecule has 7 nitrogen and oxygen atoms in total. The van der Waals surface area contributed by atoms with Gasteiger partial charge < -0.3 is 29.5 Å². The second-order valence-electron chi connectivity index (χ2n) is 7.08. The molecule has 2 rings (SSSR count). The standard InChI is InChI=1S/C16H27NO6/c1-11(22-4)16(20,15(2,3)19)14(18)23-10-12-7-9-17(21)8-5-6-13(12)17/h7,11,13,19-20H,5-6,8-10H2,1-4H3/t11-,13+,16+,17?/m1/s1. The molecule has 132 valence electrons. The summed E-state index contributed by atoms with van der Waals surface area (Å²) in [5.74, 6) is -0.950. The number of rotatable bonds is 6. The molecule has 2 heterocycles. The van der Waals surface area contributed by atoms with E-state index in [0.29, 0.717) is 13.1 Å². The second-order valence-corrected chi connectivity index (χ2v) is 7.08. The van der Waals surface area contributed by atoms with Crippen LogP contribution in [0.2, 0.25) is 0 Å². The fourth-order valence-electron chi connectivity index (χ4n) is 3.56. The zero-order valence-corrected chi connectivity index (χ0v) is 14.2. The molecule has 1 unspecified atom stereocenters.